The van der Waals surface area contributed by atoms with Gasteiger partial charge in [0, 0.05) is 142 Å². The van der Waals surface area contributed by atoms with E-state index in [2.05, 4.69) is 0 Å². The van der Waals surface area contributed by atoms with E-state index in [1.165, 1.54) is 0 Å². The molecule has 0 aliphatic heterocycles. The molecule has 0 rings (SSSR count). The van der Waals surface area contributed by atoms with Gasteiger partial charge in [0.25, 0.3) is 0 Å². The molecule has 19 heavy (non-hydrogen) atoms. The molecule has 0 amide bonds. The maximum atomic E-state index is 0. The SMILES string of the molecule is [Al].[Al].[Al].[Al].[Al].[N-3].[N-3].[Ni+2].[Ni+2].[Ni+2].[Ni+2].[Ni+2].[O-2].[O-2].[Si].[Si].[Si].[Si].[Si]. The van der Waals surface area contributed by atoms with Crippen molar-refractivity contribution in [3.63, 3.8) is 0 Å². The predicted molar refractivity (Wildman–Crippen MR) is 65.6 cm³/mol. The molecule has 0 saturated heterocycles. The van der Waals surface area contributed by atoms with Gasteiger partial charge in [-0.05, 0) is 0 Å². The third-order valence-electron chi connectivity index (χ3n) is 0. The summed E-state index contributed by atoms with van der Waals surface area (Å²) in [6, 6.07) is 0. The molecule has 0 saturated carbocycles. The van der Waals surface area contributed by atoms with Gasteiger partial charge in [-0.2, -0.15) is 0 Å². The normalized spacial score (nSPS) is 0. The largest absolute Gasteiger partial charge is 3.00 e. The second-order valence-electron chi connectivity index (χ2n) is 0. The standard InChI is InChI=1S/5Al.2N.5Ni.2O.5Si/q;;;;;2*-3;5*+2;2*-2;;;;;. The molecule has 0 aliphatic rings. The topological polar surface area (TPSA) is 118 Å². The van der Waals surface area contributed by atoms with Crippen LogP contribution in [0.3, 0.4) is 0 Å². The van der Waals surface area contributed by atoms with Gasteiger partial charge in [-0.15, -0.1) is 0 Å². The average molecular weight is 629 g/mol. The van der Waals surface area contributed by atoms with Crippen LogP contribution in [0.1, 0.15) is 0 Å². The van der Waals surface area contributed by atoms with Crippen molar-refractivity contribution in [2.45, 2.75) is 0 Å². The Bertz CT molecular complexity index is 41.9. The van der Waals surface area contributed by atoms with E-state index in [1.54, 1.807) is 0 Å². The fourth-order valence-electron chi connectivity index (χ4n) is 0. The van der Waals surface area contributed by atoms with E-state index >= 15 is 0 Å². The molecule has 0 bridgehead atoms. The van der Waals surface area contributed by atoms with Crippen LogP contribution in [0.4, 0.5) is 0 Å². The quantitative estimate of drug-likeness (QED) is 0.248. The minimum absolute atomic E-state index is 0. The van der Waals surface area contributed by atoms with Crippen molar-refractivity contribution in [2.75, 3.05) is 0 Å². The van der Waals surface area contributed by atoms with Gasteiger partial charge >= 0.3 is 82.5 Å². The first-order valence-corrected chi connectivity index (χ1v) is 0. The average Bonchev–Trinajstić information content (AvgIpc) is 0. The second-order valence-corrected chi connectivity index (χ2v) is 0. The van der Waals surface area contributed by atoms with Crippen LogP contribution in [0.25, 0.3) is 12.3 Å². The van der Waals surface area contributed by atoms with Crippen LogP contribution in [-0.4, -0.2) is 142 Å². The molecule has 0 aromatic heterocycles. The van der Waals surface area contributed by atoms with Crippen molar-refractivity contribution in [1.29, 1.82) is 0 Å². The molecule has 0 fully saturated rings. The molecule has 107 valence electrons. The predicted octanol–water partition coefficient (Wildman–Crippen LogP) is -3.48. The minimum Gasteiger partial charge on any atom is -3.00 e. The number of hydrogen-bond acceptors (Lipinski definition) is 0. The molecule has 4 nitrogen and oxygen atoms in total. The minimum atomic E-state index is 0. The van der Waals surface area contributed by atoms with Gasteiger partial charge in [-0.25, -0.2) is 0 Å². The van der Waals surface area contributed by atoms with Crippen LogP contribution in [0.5, 0.6) is 0 Å². The Morgan fingerprint density at radius 2 is 0.263 bits per heavy atom. The summed E-state index contributed by atoms with van der Waals surface area (Å²) in [5.41, 5.74) is 0. The van der Waals surface area contributed by atoms with Crippen LogP contribution >= 0.6 is 0 Å². The first kappa shape index (κ1) is 395. The molecular weight excluding hydrogens is 629 g/mol. The van der Waals surface area contributed by atoms with Crippen LogP contribution in [0, 0.1) is 0 Å². The van der Waals surface area contributed by atoms with Crippen molar-refractivity contribution >= 4 is 142 Å². The maximum absolute atomic E-state index is 0. The molecule has 0 atom stereocenters. The molecule has 35 radical (unpaired) electrons. The third kappa shape index (κ3) is 319. The summed E-state index contributed by atoms with van der Waals surface area (Å²) >= 11 is 0. The van der Waals surface area contributed by atoms with Crippen molar-refractivity contribution in [3.05, 3.63) is 12.3 Å². The summed E-state index contributed by atoms with van der Waals surface area (Å²) in [4.78, 5) is 0. The maximum Gasteiger partial charge on any atom is 2.00 e. The van der Waals surface area contributed by atoms with E-state index in [0.717, 1.165) is 0 Å². The van der Waals surface area contributed by atoms with E-state index in [-0.39, 0.29) is 247 Å². The summed E-state index contributed by atoms with van der Waals surface area (Å²) in [5, 5.41) is 0. The van der Waals surface area contributed by atoms with Crippen LogP contribution in [0.2, 0.25) is 0 Å². The van der Waals surface area contributed by atoms with Crippen LogP contribution < -0.4 is 0 Å². The molecule has 0 N–H and O–H groups in total. The molecule has 0 aromatic carbocycles. The van der Waals surface area contributed by atoms with E-state index in [1.807, 2.05) is 0 Å². The van der Waals surface area contributed by atoms with Gasteiger partial charge < -0.3 is 23.3 Å². The molecule has 0 unspecified atom stereocenters. The zero-order valence-electron chi connectivity index (χ0n) is 8.68. The van der Waals surface area contributed by atoms with E-state index in [4.69, 9.17) is 0 Å². The van der Waals surface area contributed by atoms with Crippen molar-refractivity contribution < 1.29 is 93.4 Å². The Balaban J connectivity index is 0. The molecule has 0 spiro atoms. The van der Waals surface area contributed by atoms with Gasteiger partial charge in [0.15, 0.2) is 0 Å². The Hall–Kier alpha value is 6.05. The van der Waals surface area contributed by atoms with Crippen LogP contribution in [0.15, 0.2) is 0 Å². The number of hydrogen-bond donors (Lipinski definition) is 0. The summed E-state index contributed by atoms with van der Waals surface area (Å²) in [7, 11) is 0. The molecule has 0 aliphatic carbocycles. The zero-order valence-corrected chi connectivity index (χ0v) is 24.4. The molecule has 0 heterocycles. The Morgan fingerprint density at radius 1 is 0.263 bits per heavy atom. The molecule has 19 heteroatoms. The van der Waals surface area contributed by atoms with Gasteiger partial charge in [-0.3, -0.25) is 0 Å². The first-order chi connectivity index (χ1) is 0. The summed E-state index contributed by atoms with van der Waals surface area (Å²) in [6.07, 6.45) is 0. The smallest absolute Gasteiger partial charge is 2.00 e. The fraction of sp³-hybridized carbons (Fsp3) is 0. The monoisotopic (exact) mass is 624 g/mol. The van der Waals surface area contributed by atoms with Crippen molar-refractivity contribution in [3.8, 4) is 0 Å². The van der Waals surface area contributed by atoms with Crippen molar-refractivity contribution in [2.24, 2.45) is 0 Å². The van der Waals surface area contributed by atoms with Crippen molar-refractivity contribution in [1.82, 2.24) is 0 Å². The Morgan fingerprint density at radius 3 is 0.263 bits per heavy atom. The van der Waals surface area contributed by atoms with E-state index in [0.29, 0.717) is 0 Å². The fourth-order valence-corrected chi connectivity index (χ4v) is 0. The van der Waals surface area contributed by atoms with Gasteiger partial charge in [0.1, 0.15) is 0 Å². The van der Waals surface area contributed by atoms with Gasteiger partial charge in [-0.1, -0.05) is 0 Å². The third-order valence-corrected chi connectivity index (χ3v) is 0. The number of nitrogens with zero attached hydrogens (tertiary/aromatic N) is 2. The van der Waals surface area contributed by atoms with Gasteiger partial charge in [0.2, 0.25) is 0 Å². The summed E-state index contributed by atoms with van der Waals surface area (Å²) in [5.74, 6) is 0. The van der Waals surface area contributed by atoms with E-state index < -0.39 is 0 Å². The Kier molecular flexibility index (Phi) is 7260. The summed E-state index contributed by atoms with van der Waals surface area (Å²) < 4.78 is 0. The second kappa shape index (κ2) is 349. The summed E-state index contributed by atoms with van der Waals surface area (Å²) in [6.45, 7) is 0. The molecular formula is Al5N2Ni5O2Si5. The zero-order chi connectivity index (χ0) is 0. The van der Waals surface area contributed by atoms with E-state index in [9.17, 15) is 0 Å². The Labute approximate surface area is 243 Å². The van der Waals surface area contributed by atoms with Crippen LogP contribution in [-0.2, 0) is 93.4 Å². The number of rotatable bonds is 0. The van der Waals surface area contributed by atoms with Gasteiger partial charge in [0.05, 0.1) is 0 Å². The molecule has 0 aromatic rings. The first-order valence-electron chi connectivity index (χ1n) is 0.